The molecule has 1 heterocycles. The number of ether oxygens (including phenoxy) is 1. The highest BCUT2D eigenvalue weighted by molar-refractivity contribution is 7.99. The number of benzene rings is 1. The first kappa shape index (κ1) is 14.4. The Morgan fingerprint density at radius 2 is 2.00 bits per heavy atom. The molecule has 1 aromatic heterocycles. The number of rotatable bonds is 3. The van der Waals surface area contributed by atoms with E-state index in [0.29, 0.717) is 11.3 Å². The van der Waals surface area contributed by atoms with Crippen molar-refractivity contribution in [2.75, 3.05) is 12.8 Å². The number of pyridine rings is 1. The molecule has 0 bridgehead atoms. The van der Waals surface area contributed by atoms with Gasteiger partial charge >= 0.3 is 5.97 Å². The van der Waals surface area contributed by atoms with Crippen LogP contribution in [0.25, 0.3) is 0 Å². The number of anilines is 1. The minimum Gasteiger partial charge on any atom is -0.465 e. The molecule has 0 unspecified atom stereocenters. The summed E-state index contributed by atoms with van der Waals surface area (Å²) in [4.78, 5) is 17.0. The molecule has 0 spiro atoms. The number of methoxy groups -OCH3 is 1. The van der Waals surface area contributed by atoms with Crippen LogP contribution in [-0.4, -0.2) is 18.1 Å². The summed E-state index contributed by atoms with van der Waals surface area (Å²) < 4.78 is 4.72. The number of carbonyl (C=O) groups is 1. The number of hydrogen-bond acceptors (Lipinski definition) is 5. The largest absolute Gasteiger partial charge is 0.465 e. The highest BCUT2D eigenvalue weighted by Gasteiger charge is 2.11. The molecule has 0 radical (unpaired) electrons. The van der Waals surface area contributed by atoms with E-state index in [1.165, 1.54) is 18.9 Å². The quantitative estimate of drug-likeness (QED) is 0.694. The van der Waals surface area contributed by atoms with Crippen molar-refractivity contribution in [1.82, 2.24) is 4.98 Å². The van der Waals surface area contributed by atoms with Gasteiger partial charge in [0.2, 0.25) is 0 Å². The second-order valence-electron chi connectivity index (χ2n) is 4.47. The highest BCUT2D eigenvalue weighted by atomic mass is 32.2. The van der Waals surface area contributed by atoms with Crippen LogP contribution >= 0.6 is 11.8 Å². The molecule has 104 valence electrons. The summed E-state index contributed by atoms with van der Waals surface area (Å²) in [5.41, 5.74) is 8.70. The predicted molar refractivity (Wildman–Crippen MR) is 80.0 cm³/mol. The van der Waals surface area contributed by atoms with Crippen LogP contribution in [0.5, 0.6) is 0 Å². The molecule has 0 aliphatic heterocycles. The molecule has 0 saturated heterocycles. The van der Waals surface area contributed by atoms with Crippen molar-refractivity contribution in [3.63, 3.8) is 0 Å². The number of carbonyl (C=O) groups excluding carboxylic acids is 1. The van der Waals surface area contributed by atoms with Gasteiger partial charge in [-0.3, -0.25) is 0 Å². The topological polar surface area (TPSA) is 65.2 Å². The number of nitrogen functional groups attached to an aromatic ring is 1. The van der Waals surface area contributed by atoms with E-state index >= 15 is 0 Å². The van der Waals surface area contributed by atoms with Crippen molar-refractivity contribution in [2.45, 2.75) is 23.8 Å². The third kappa shape index (κ3) is 3.30. The maximum Gasteiger partial charge on any atom is 0.339 e. The van der Waals surface area contributed by atoms with Gasteiger partial charge in [-0.2, -0.15) is 0 Å². The second kappa shape index (κ2) is 5.96. The maximum absolute atomic E-state index is 11.6. The van der Waals surface area contributed by atoms with Gasteiger partial charge < -0.3 is 10.5 Å². The molecule has 2 rings (SSSR count). The van der Waals surface area contributed by atoms with Crippen LogP contribution in [0, 0.1) is 13.8 Å². The Morgan fingerprint density at radius 1 is 1.25 bits per heavy atom. The lowest BCUT2D eigenvalue weighted by atomic mass is 10.2. The van der Waals surface area contributed by atoms with Gasteiger partial charge in [-0.15, -0.1) is 0 Å². The van der Waals surface area contributed by atoms with E-state index in [9.17, 15) is 4.79 Å². The zero-order chi connectivity index (χ0) is 14.7. The van der Waals surface area contributed by atoms with Gasteiger partial charge in [0, 0.05) is 16.3 Å². The van der Waals surface area contributed by atoms with Crippen molar-refractivity contribution in [3.8, 4) is 0 Å². The number of aryl methyl sites for hydroxylation is 2. The molecule has 2 N–H and O–H groups in total. The molecular weight excluding hydrogens is 272 g/mol. The monoisotopic (exact) mass is 288 g/mol. The SMILES string of the molecule is COC(=O)c1cc(Sc2cc(C)cc(C)n2)ccc1N. The van der Waals surface area contributed by atoms with Crippen molar-refractivity contribution in [3.05, 3.63) is 47.2 Å². The lowest BCUT2D eigenvalue weighted by Crippen LogP contribution is -2.05. The molecule has 4 nitrogen and oxygen atoms in total. The predicted octanol–water partition coefficient (Wildman–Crippen LogP) is 3.22. The van der Waals surface area contributed by atoms with Gasteiger partial charge in [0.15, 0.2) is 0 Å². The minimum atomic E-state index is -0.432. The lowest BCUT2D eigenvalue weighted by Gasteiger charge is -2.07. The standard InChI is InChI=1S/C15H16N2O2S/c1-9-6-10(2)17-14(7-9)20-11-4-5-13(16)12(8-11)15(18)19-3/h4-8H,16H2,1-3H3. The van der Waals surface area contributed by atoms with Crippen LogP contribution in [0.2, 0.25) is 0 Å². The number of nitrogens with two attached hydrogens (primary N) is 1. The Labute approximate surface area is 122 Å². The van der Waals surface area contributed by atoms with E-state index in [2.05, 4.69) is 4.98 Å². The van der Waals surface area contributed by atoms with Gasteiger partial charge in [0.25, 0.3) is 0 Å². The maximum atomic E-state index is 11.6. The number of nitrogens with zero attached hydrogens (tertiary/aromatic N) is 1. The molecule has 0 amide bonds. The minimum absolute atomic E-state index is 0.377. The van der Waals surface area contributed by atoms with Gasteiger partial charge in [-0.05, 0) is 49.7 Å². The van der Waals surface area contributed by atoms with Gasteiger partial charge in [-0.1, -0.05) is 11.8 Å². The average molecular weight is 288 g/mol. The second-order valence-corrected chi connectivity index (χ2v) is 5.56. The molecule has 0 aliphatic carbocycles. The molecule has 20 heavy (non-hydrogen) atoms. The molecule has 2 aromatic rings. The van der Waals surface area contributed by atoms with Crippen molar-refractivity contribution < 1.29 is 9.53 Å². The fraction of sp³-hybridized carbons (Fsp3) is 0.200. The summed E-state index contributed by atoms with van der Waals surface area (Å²) in [6, 6.07) is 9.33. The molecule has 5 heteroatoms. The van der Waals surface area contributed by atoms with Crippen LogP contribution in [0.15, 0.2) is 40.3 Å². The normalized spacial score (nSPS) is 10.3. The van der Waals surface area contributed by atoms with Crippen LogP contribution in [-0.2, 0) is 4.74 Å². The highest BCUT2D eigenvalue weighted by Crippen LogP contribution is 2.29. The van der Waals surface area contributed by atoms with E-state index in [0.717, 1.165) is 21.2 Å². The average Bonchev–Trinajstić information content (AvgIpc) is 2.39. The van der Waals surface area contributed by atoms with E-state index in [1.807, 2.05) is 32.0 Å². The van der Waals surface area contributed by atoms with Crippen LogP contribution < -0.4 is 5.73 Å². The zero-order valence-corrected chi connectivity index (χ0v) is 12.5. The Balaban J connectivity index is 2.32. The first-order valence-electron chi connectivity index (χ1n) is 6.10. The van der Waals surface area contributed by atoms with Crippen LogP contribution in [0.1, 0.15) is 21.6 Å². The van der Waals surface area contributed by atoms with E-state index in [4.69, 9.17) is 10.5 Å². The van der Waals surface area contributed by atoms with Crippen LogP contribution in [0.3, 0.4) is 0 Å². The summed E-state index contributed by atoms with van der Waals surface area (Å²) in [6.45, 7) is 3.99. The Bertz CT molecular complexity index is 636. The summed E-state index contributed by atoms with van der Waals surface area (Å²) in [7, 11) is 1.34. The Hall–Kier alpha value is -2.01. The third-order valence-corrected chi connectivity index (χ3v) is 3.63. The first-order chi connectivity index (χ1) is 9.49. The van der Waals surface area contributed by atoms with Gasteiger partial charge in [-0.25, -0.2) is 9.78 Å². The van der Waals surface area contributed by atoms with Crippen molar-refractivity contribution in [2.24, 2.45) is 0 Å². The number of hydrogen-bond donors (Lipinski definition) is 1. The summed E-state index contributed by atoms with van der Waals surface area (Å²) in [5, 5.41) is 0.892. The first-order valence-corrected chi connectivity index (χ1v) is 6.92. The fourth-order valence-corrected chi connectivity index (χ4v) is 2.85. The van der Waals surface area contributed by atoms with Crippen LogP contribution in [0.4, 0.5) is 5.69 Å². The summed E-state index contributed by atoms with van der Waals surface area (Å²) >= 11 is 1.49. The number of esters is 1. The third-order valence-electron chi connectivity index (χ3n) is 2.73. The lowest BCUT2D eigenvalue weighted by molar-refractivity contribution is 0.0601. The molecule has 0 atom stereocenters. The van der Waals surface area contributed by atoms with E-state index in [-0.39, 0.29) is 0 Å². The Morgan fingerprint density at radius 3 is 2.65 bits per heavy atom. The number of aromatic nitrogens is 1. The smallest absolute Gasteiger partial charge is 0.339 e. The summed E-state index contributed by atoms with van der Waals surface area (Å²) in [5.74, 6) is -0.432. The van der Waals surface area contributed by atoms with Crippen molar-refractivity contribution in [1.29, 1.82) is 0 Å². The van der Waals surface area contributed by atoms with Gasteiger partial charge in [0.1, 0.15) is 5.03 Å². The molecule has 0 saturated carbocycles. The van der Waals surface area contributed by atoms with Crippen molar-refractivity contribution >= 4 is 23.4 Å². The Kier molecular flexibility index (Phi) is 4.29. The summed E-state index contributed by atoms with van der Waals surface area (Å²) in [6.07, 6.45) is 0. The fourth-order valence-electron chi connectivity index (χ4n) is 1.86. The van der Waals surface area contributed by atoms with E-state index in [1.54, 1.807) is 12.1 Å². The van der Waals surface area contributed by atoms with Gasteiger partial charge in [0.05, 0.1) is 12.7 Å². The molecule has 1 aromatic carbocycles. The zero-order valence-electron chi connectivity index (χ0n) is 11.6. The van der Waals surface area contributed by atoms with E-state index < -0.39 is 5.97 Å². The molecule has 0 fully saturated rings. The molecular formula is C15H16N2O2S. The molecule has 0 aliphatic rings.